The molecule has 0 aliphatic heterocycles. The highest BCUT2D eigenvalue weighted by atomic mass is 32.2. The van der Waals surface area contributed by atoms with Crippen LogP contribution in [0.4, 0.5) is 0 Å². The summed E-state index contributed by atoms with van der Waals surface area (Å²) in [6.45, 7) is 0.770. The number of rotatable bonds is 7. The lowest BCUT2D eigenvalue weighted by molar-refractivity contribution is -0.118. The van der Waals surface area contributed by atoms with E-state index in [1.54, 1.807) is 0 Å². The molecular formula is C17H20N4OS. The molecule has 120 valence electrons. The molecule has 0 bridgehead atoms. The van der Waals surface area contributed by atoms with Gasteiger partial charge in [0.2, 0.25) is 5.91 Å². The van der Waals surface area contributed by atoms with Gasteiger partial charge in [-0.15, -0.1) is 10.2 Å². The average molecular weight is 328 g/mol. The van der Waals surface area contributed by atoms with Crippen LogP contribution in [0.3, 0.4) is 0 Å². The smallest absolute Gasteiger partial charge is 0.230 e. The fourth-order valence-electron chi connectivity index (χ4n) is 2.59. The summed E-state index contributed by atoms with van der Waals surface area (Å²) in [6.07, 6.45) is 4.62. The zero-order chi connectivity index (χ0) is 15.6. The van der Waals surface area contributed by atoms with Gasteiger partial charge in [0.05, 0.1) is 12.3 Å². The Morgan fingerprint density at radius 1 is 1.17 bits per heavy atom. The molecule has 2 aliphatic rings. The number of carbonyl (C=O) groups excluding carboxylic acids is 1. The Bertz CT molecular complexity index is 692. The highest BCUT2D eigenvalue weighted by Gasteiger charge is 2.30. The van der Waals surface area contributed by atoms with Gasteiger partial charge in [-0.25, -0.2) is 0 Å². The number of thioether (sulfide) groups is 1. The number of aromatic nitrogens is 3. The molecular weight excluding hydrogens is 308 g/mol. The molecule has 2 aromatic rings. The minimum absolute atomic E-state index is 0.0970. The molecule has 23 heavy (non-hydrogen) atoms. The molecule has 0 saturated heterocycles. The minimum atomic E-state index is 0.0970. The van der Waals surface area contributed by atoms with Gasteiger partial charge in [0.1, 0.15) is 5.82 Å². The van der Waals surface area contributed by atoms with Crippen LogP contribution in [-0.4, -0.2) is 32.5 Å². The Morgan fingerprint density at radius 3 is 2.65 bits per heavy atom. The lowest BCUT2D eigenvalue weighted by atomic mass is 10.2. The van der Waals surface area contributed by atoms with Crippen molar-refractivity contribution in [3.8, 4) is 0 Å². The van der Waals surface area contributed by atoms with E-state index in [9.17, 15) is 4.79 Å². The summed E-state index contributed by atoms with van der Waals surface area (Å²) in [4.78, 5) is 11.9. The van der Waals surface area contributed by atoms with Crippen molar-refractivity contribution in [2.24, 2.45) is 0 Å². The third-order valence-corrected chi connectivity index (χ3v) is 5.11. The fraction of sp³-hybridized carbons (Fsp3) is 0.471. The van der Waals surface area contributed by atoms with Crippen molar-refractivity contribution in [1.29, 1.82) is 0 Å². The van der Waals surface area contributed by atoms with E-state index in [0.29, 0.717) is 17.7 Å². The van der Waals surface area contributed by atoms with Crippen LogP contribution in [0.5, 0.6) is 0 Å². The number of nitrogens with zero attached hydrogens (tertiary/aromatic N) is 3. The highest BCUT2D eigenvalue weighted by molar-refractivity contribution is 7.99. The van der Waals surface area contributed by atoms with E-state index in [0.717, 1.165) is 30.4 Å². The fourth-order valence-corrected chi connectivity index (χ4v) is 3.35. The van der Waals surface area contributed by atoms with E-state index in [1.165, 1.54) is 30.2 Å². The predicted octanol–water partition coefficient (Wildman–Crippen LogP) is 2.57. The van der Waals surface area contributed by atoms with Gasteiger partial charge in [0.15, 0.2) is 5.16 Å². The molecule has 1 N–H and O–H groups in total. The molecule has 0 unspecified atom stereocenters. The summed E-state index contributed by atoms with van der Waals surface area (Å²) in [7, 11) is 0. The molecule has 6 heteroatoms. The Labute approximate surface area is 139 Å². The van der Waals surface area contributed by atoms with Gasteiger partial charge in [-0.1, -0.05) is 42.1 Å². The molecule has 5 nitrogen and oxygen atoms in total. The van der Waals surface area contributed by atoms with E-state index < -0.39 is 0 Å². The third-order valence-electron chi connectivity index (χ3n) is 4.15. The first kappa shape index (κ1) is 14.8. The van der Waals surface area contributed by atoms with Crippen LogP contribution in [0.25, 0.3) is 0 Å². The quantitative estimate of drug-likeness (QED) is 0.794. The first-order chi connectivity index (χ1) is 11.3. The second-order valence-electron chi connectivity index (χ2n) is 6.32. The zero-order valence-electron chi connectivity index (χ0n) is 12.9. The van der Waals surface area contributed by atoms with Gasteiger partial charge < -0.3 is 9.88 Å². The molecule has 0 atom stereocenters. The molecule has 4 rings (SSSR count). The van der Waals surface area contributed by atoms with E-state index in [1.807, 2.05) is 18.2 Å². The van der Waals surface area contributed by atoms with Crippen LogP contribution in [-0.2, 0) is 11.3 Å². The van der Waals surface area contributed by atoms with E-state index in [2.05, 4.69) is 32.2 Å². The number of hydrogen-bond acceptors (Lipinski definition) is 4. The Balaban J connectivity index is 1.48. The second-order valence-corrected chi connectivity index (χ2v) is 7.26. The topological polar surface area (TPSA) is 59.8 Å². The maximum atomic E-state index is 11.9. The van der Waals surface area contributed by atoms with Crippen LogP contribution in [0, 0.1) is 0 Å². The molecule has 2 saturated carbocycles. The zero-order valence-corrected chi connectivity index (χ0v) is 13.8. The molecule has 1 amide bonds. The van der Waals surface area contributed by atoms with E-state index in [4.69, 9.17) is 0 Å². The van der Waals surface area contributed by atoms with Gasteiger partial charge in [0, 0.05) is 12.0 Å². The van der Waals surface area contributed by atoms with Crippen molar-refractivity contribution in [1.82, 2.24) is 20.1 Å². The van der Waals surface area contributed by atoms with Crippen LogP contribution in [0.15, 0.2) is 35.5 Å². The maximum Gasteiger partial charge on any atom is 0.230 e. The first-order valence-corrected chi connectivity index (χ1v) is 9.17. The predicted molar refractivity (Wildman–Crippen MR) is 89.4 cm³/mol. The Hall–Kier alpha value is -1.82. The first-order valence-electron chi connectivity index (χ1n) is 8.19. The summed E-state index contributed by atoms with van der Waals surface area (Å²) in [5, 5.41) is 12.6. The second kappa shape index (κ2) is 6.35. The van der Waals surface area contributed by atoms with Crippen LogP contribution in [0.1, 0.15) is 43.0 Å². The third kappa shape index (κ3) is 3.75. The Morgan fingerprint density at radius 2 is 1.96 bits per heavy atom. The lowest BCUT2D eigenvalue weighted by Crippen LogP contribution is -2.27. The van der Waals surface area contributed by atoms with E-state index in [-0.39, 0.29) is 5.91 Å². The summed E-state index contributed by atoms with van der Waals surface area (Å²) in [5.41, 5.74) is 1.23. The summed E-state index contributed by atoms with van der Waals surface area (Å²) >= 11 is 1.49. The number of benzene rings is 1. The van der Waals surface area contributed by atoms with Gasteiger partial charge in [-0.05, 0) is 31.2 Å². The number of hydrogen-bond donors (Lipinski definition) is 1. The largest absolute Gasteiger partial charge is 0.353 e. The molecule has 1 aromatic heterocycles. The van der Waals surface area contributed by atoms with Gasteiger partial charge in [0.25, 0.3) is 0 Å². The lowest BCUT2D eigenvalue weighted by Gasteiger charge is -2.10. The van der Waals surface area contributed by atoms with Gasteiger partial charge in [-0.2, -0.15) is 0 Å². The van der Waals surface area contributed by atoms with Crippen LogP contribution in [0.2, 0.25) is 0 Å². The van der Waals surface area contributed by atoms with E-state index >= 15 is 0 Å². The normalized spacial score (nSPS) is 17.2. The minimum Gasteiger partial charge on any atom is -0.353 e. The van der Waals surface area contributed by atoms with Crippen molar-refractivity contribution < 1.29 is 4.79 Å². The van der Waals surface area contributed by atoms with Crippen molar-refractivity contribution in [2.45, 2.75) is 49.3 Å². The average Bonchev–Trinajstić information content (AvgIpc) is 3.48. The van der Waals surface area contributed by atoms with Crippen LogP contribution < -0.4 is 5.32 Å². The monoisotopic (exact) mass is 328 g/mol. The van der Waals surface area contributed by atoms with Crippen LogP contribution >= 0.6 is 11.8 Å². The Kier molecular flexibility index (Phi) is 4.08. The highest BCUT2D eigenvalue weighted by Crippen LogP contribution is 2.40. The molecule has 1 aromatic carbocycles. The standard InChI is InChI=1S/C17H20N4OS/c22-15(18-14-8-9-14)11-23-17-20-19-16(13-6-7-13)21(17)10-12-4-2-1-3-5-12/h1-5,13-14H,6-11H2,(H,18,22). The molecule has 2 fully saturated rings. The van der Waals surface area contributed by atoms with Gasteiger partial charge in [-0.3, -0.25) is 4.79 Å². The SMILES string of the molecule is O=C(CSc1nnc(C2CC2)n1Cc1ccccc1)NC1CC1. The summed E-state index contributed by atoms with van der Waals surface area (Å²) < 4.78 is 2.18. The van der Waals surface area contributed by atoms with Crippen molar-refractivity contribution in [2.75, 3.05) is 5.75 Å². The number of amides is 1. The van der Waals surface area contributed by atoms with Gasteiger partial charge >= 0.3 is 0 Å². The molecule has 1 heterocycles. The number of nitrogens with one attached hydrogen (secondary N) is 1. The summed E-state index contributed by atoms with van der Waals surface area (Å²) in [6, 6.07) is 10.8. The van der Waals surface area contributed by atoms with Crippen molar-refractivity contribution >= 4 is 17.7 Å². The maximum absolute atomic E-state index is 11.9. The molecule has 0 spiro atoms. The van der Waals surface area contributed by atoms with Crippen molar-refractivity contribution in [3.05, 3.63) is 41.7 Å². The van der Waals surface area contributed by atoms with Crippen molar-refractivity contribution in [3.63, 3.8) is 0 Å². The molecule has 0 radical (unpaired) electrons. The summed E-state index contributed by atoms with van der Waals surface area (Å²) in [5.74, 6) is 2.12. The number of carbonyl (C=O) groups is 1. The molecule has 2 aliphatic carbocycles.